The van der Waals surface area contributed by atoms with Crippen LogP contribution in [0.25, 0.3) is 22.2 Å². The Balaban J connectivity index is 1.91. The summed E-state index contributed by atoms with van der Waals surface area (Å²) in [4.78, 5) is 5.04. The van der Waals surface area contributed by atoms with Crippen molar-refractivity contribution in [2.24, 2.45) is 10.7 Å². The molecule has 4 rings (SSSR count). The maximum atomic E-state index is 6.75. The average molecular weight is 443 g/mol. The summed E-state index contributed by atoms with van der Waals surface area (Å²) < 4.78 is 0. The molecular formula is C32H30N2. The lowest BCUT2D eigenvalue weighted by molar-refractivity contribution is 1.14. The molecule has 2 nitrogen and oxygen atoms in total. The summed E-state index contributed by atoms with van der Waals surface area (Å²) in [7, 11) is 0. The van der Waals surface area contributed by atoms with Crippen molar-refractivity contribution >= 4 is 27.9 Å². The van der Waals surface area contributed by atoms with Crippen LogP contribution in [0.1, 0.15) is 34.7 Å². The van der Waals surface area contributed by atoms with Gasteiger partial charge >= 0.3 is 0 Å². The second-order valence-electron chi connectivity index (χ2n) is 8.37. The van der Waals surface area contributed by atoms with E-state index in [1.807, 2.05) is 30.3 Å². The normalized spacial score (nSPS) is 12.4. The van der Waals surface area contributed by atoms with Gasteiger partial charge in [-0.15, -0.1) is 0 Å². The van der Waals surface area contributed by atoms with E-state index >= 15 is 0 Å². The highest BCUT2D eigenvalue weighted by Crippen LogP contribution is 2.26. The quantitative estimate of drug-likeness (QED) is 0.231. The number of hydrogen-bond acceptors (Lipinski definition) is 2. The van der Waals surface area contributed by atoms with E-state index < -0.39 is 0 Å². The SMILES string of the molecule is C=C/C(C(=NC(=C)c1ccc(CC)cc1)c1ccc2ccccc2c1)=C(/N)c1ccccc1C. The Labute approximate surface area is 202 Å². The third kappa shape index (κ3) is 4.77. The Hall–Kier alpha value is -4.17. The topological polar surface area (TPSA) is 38.4 Å². The molecule has 0 aromatic heterocycles. The molecule has 0 atom stereocenters. The summed E-state index contributed by atoms with van der Waals surface area (Å²) in [6.45, 7) is 12.6. The van der Waals surface area contributed by atoms with E-state index in [0.29, 0.717) is 11.4 Å². The van der Waals surface area contributed by atoms with Gasteiger partial charge in [-0.3, -0.25) is 0 Å². The lowest BCUT2D eigenvalue weighted by atomic mass is 9.94. The highest BCUT2D eigenvalue weighted by molar-refractivity contribution is 6.20. The molecule has 168 valence electrons. The van der Waals surface area contributed by atoms with Crippen LogP contribution in [-0.4, -0.2) is 5.71 Å². The molecule has 0 fully saturated rings. The first kappa shape index (κ1) is 23.0. The Kier molecular flexibility index (Phi) is 6.89. The number of aliphatic imine (C=N–C) groups is 1. The minimum atomic E-state index is 0.647. The van der Waals surface area contributed by atoms with Gasteiger partial charge in [0.05, 0.1) is 11.4 Å². The van der Waals surface area contributed by atoms with Gasteiger partial charge in [0.15, 0.2) is 0 Å². The molecule has 0 heterocycles. The standard InChI is InChI=1S/C32H30N2/c1-5-24-15-17-25(18-16-24)23(4)34-32(28-20-19-26-12-8-9-13-27(26)21-28)29(6-2)31(33)30-14-10-7-11-22(30)3/h6-21H,2,4-5,33H2,1,3H3/b31-29-,34-32?. The fraction of sp³-hybridized carbons (Fsp3) is 0.0938. The molecule has 0 spiro atoms. The highest BCUT2D eigenvalue weighted by Gasteiger charge is 2.15. The van der Waals surface area contributed by atoms with Crippen LogP contribution in [0.2, 0.25) is 0 Å². The van der Waals surface area contributed by atoms with Crippen LogP contribution >= 0.6 is 0 Å². The van der Waals surface area contributed by atoms with E-state index in [9.17, 15) is 0 Å². The summed E-state index contributed by atoms with van der Waals surface area (Å²) in [5, 5.41) is 2.32. The molecule has 0 saturated heterocycles. The molecule has 4 aromatic rings. The van der Waals surface area contributed by atoms with Crippen molar-refractivity contribution in [3.63, 3.8) is 0 Å². The zero-order valence-electron chi connectivity index (χ0n) is 19.9. The number of nitrogens with two attached hydrogens (primary N) is 1. The first-order valence-corrected chi connectivity index (χ1v) is 11.6. The van der Waals surface area contributed by atoms with E-state index in [4.69, 9.17) is 10.7 Å². The van der Waals surface area contributed by atoms with Gasteiger partial charge in [-0.2, -0.15) is 0 Å². The number of benzene rings is 4. The van der Waals surface area contributed by atoms with Gasteiger partial charge in [0.1, 0.15) is 0 Å². The van der Waals surface area contributed by atoms with Gasteiger partial charge in [0.2, 0.25) is 0 Å². The summed E-state index contributed by atoms with van der Waals surface area (Å²) >= 11 is 0. The monoisotopic (exact) mass is 442 g/mol. The Bertz CT molecular complexity index is 1420. The number of nitrogens with zero attached hydrogens (tertiary/aromatic N) is 1. The van der Waals surface area contributed by atoms with Crippen LogP contribution in [0, 0.1) is 6.92 Å². The molecule has 0 aliphatic rings. The molecule has 2 N–H and O–H groups in total. The molecule has 0 aliphatic carbocycles. The largest absolute Gasteiger partial charge is 0.398 e. The number of allylic oxidation sites excluding steroid dienone is 2. The molecule has 0 unspecified atom stereocenters. The van der Waals surface area contributed by atoms with Gasteiger partial charge in [-0.05, 0) is 46.9 Å². The first-order valence-electron chi connectivity index (χ1n) is 11.6. The number of fused-ring (bicyclic) bond motifs is 1. The second kappa shape index (κ2) is 10.2. The van der Waals surface area contributed by atoms with E-state index in [-0.39, 0.29) is 0 Å². The number of aryl methyl sites for hydroxylation is 2. The van der Waals surface area contributed by atoms with Crippen LogP contribution in [0.3, 0.4) is 0 Å². The first-order chi connectivity index (χ1) is 16.5. The third-order valence-corrected chi connectivity index (χ3v) is 6.15. The molecule has 0 saturated carbocycles. The predicted octanol–water partition coefficient (Wildman–Crippen LogP) is 7.73. The van der Waals surface area contributed by atoms with Crippen LogP contribution in [-0.2, 0) is 6.42 Å². The van der Waals surface area contributed by atoms with Crippen molar-refractivity contribution < 1.29 is 0 Å². The van der Waals surface area contributed by atoms with Crippen molar-refractivity contribution in [3.05, 3.63) is 144 Å². The molecule has 34 heavy (non-hydrogen) atoms. The molecule has 0 radical (unpaired) electrons. The summed E-state index contributed by atoms with van der Waals surface area (Å²) in [6, 6.07) is 31.2. The zero-order chi connectivity index (χ0) is 24.1. The van der Waals surface area contributed by atoms with Crippen molar-refractivity contribution in [1.29, 1.82) is 0 Å². The molecule has 0 aliphatic heterocycles. The Morgan fingerprint density at radius 3 is 2.18 bits per heavy atom. The molecule has 0 bridgehead atoms. The minimum Gasteiger partial charge on any atom is -0.398 e. The summed E-state index contributed by atoms with van der Waals surface area (Å²) in [5.41, 5.74) is 14.9. The fourth-order valence-electron chi connectivity index (χ4n) is 4.10. The van der Waals surface area contributed by atoms with Gasteiger partial charge in [0.25, 0.3) is 0 Å². The maximum absolute atomic E-state index is 6.75. The van der Waals surface area contributed by atoms with Gasteiger partial charge in [0, 0.05) is 22.4 Å². The Morgan fingerprint density at radius 2 is 1.50 bits per heavy atom. The van der Waals surface area contributed by atoms with E-state index in [0.717, 1.165) is 45.3 Å². The third-order valence-electron chi connectivity index (χ3n) is 6.15. The van der Waals surface area contributed by atoms with Crippen LogP contribution < -0.4 is 5.73 Å². The minimum absolute atomic E-state index is 0.647. The Morgan fingerprint density at radius 1 is 0.853 bits per heavy atom. The van der Waals surface area contributed by atoms with Gasteiger partial charge in [-0.1, -0.05) is 111 Å². The van der Waals surface area contributed by atoms with E-state index in [2.05, 4.69) is 87.7 Å². The second-order valence-corrected chi connectivity index (χ2v) is 8.37. The summed E-state index contributed by atoms with van der Waals surface area (Å²) in [5.74, 6) is 0. The highest BCUT2D eigenvalue weighted by atomic mass is 14.8. The maximum Gasteiger partial charge on any atom is 0.0802 e. The fourth-order valence-corrected chi connectivity index (χ4v) is 4.10. The van der Waals surface area contributed by atoms with Gasteiger partial charge in [-0.25, -0.2) is 4.99 Å². The van der Waals surface area contributed by atoms with Crippen molar-refractivity contribution in [3.8, 4) is 0 Å². The van der Waals surface area contributed by atoms with Crippen molar-refractivity contribution in [2.75, 3.05) is 0 Å². The molecule has 0 amide bonds. The van der Waals surface area contributed by atoms with E-state index in [1.165, 1.54) is 10.9 Å². The van der Waals surface area contributed by atoms with Crippen molar-refractivity contribution in [1.82, 2.24) is 0 Å². The predicted molar refractivity (Wildman–Crippen MR) is 148 cm³/mol. The smallest absolute Gasteiger partial charge is 0.0802 e. The van der Waals surface area contributed by atoms with E-state index in [1.54, 1.807) is 6.08 Å². The number of hydrogen-bond donors (Lipinski definition) is 1. The summed E-state index contributed by atoms with van der Waals surface area (Å²) in [6.07, 6.45) is 2.79. The van der Waals surface area contributed by atoms with Crippen molar-refractivity contribution in [2.45, 2.75) is 20.3 Å². The van der Waals surface area contributed by atoms with Crippen LogP contribution in [0.4, 0.5) is 0 Å². The molecule has 4 aromatic carbocycles. The number of rotatable bonds is 7. The van der Waals surface area contributed by atoms with Crippen LogP contribution in [0.5, 0.6) is 0 Å². The lowest BCUT2D eigenvalue weighted by Crippen LogP contribution is -2.12. The zero-order valence-corrected chi connectivity index (χ0v) is 19.9. The van der Waals surface area contributed by atoms with Gasteiger partial charge < -0.3 is 5.73 Å². The van der Waals surface area contributed by atoms with Crippen LogP contribution in [0.15, 0.2) is 121 Å². The molecule has 2 heteroatoms. The lowest BCUT2D eigenvalue weighted by Gasteiger charge is -2.15. The average Bonchev–Trinajstić information content (AvgIpc) is 2.88. The molecular weight excluding hydrogens is 412 g/mol.